The highest BCUT2D eigenvalue weighted by Gasteiger charge is 2.17. The number of benzene rings is 1. The van der Waals surface area contributed by atoms with Crippen LogP contribution >= 0.6 is 39.1 Å². The van der Waals surface area contributed by atoms with E-state index in [9.17, 15) is 4.79 Å². The maximum atomic E-state index is 10.7. The highest BCUT2D eigenvalue weighted by molar-refractivity contribution is 9.10. The smallest absolute Gasteiger partial charge is 0.307 e. The van der Waals surface area contributed by atoms with Crippen molar-refractivity contribution in [3.05, 3.63) is 32.4 Å². The van der Waals surface area contributed by atoms with Crippen LogP contribution in [0.25, 0.3) is 11.0 Å². The predicted octanol–water partition coefficient (Wildman–Crippen LogP) is 4.13. The first-order chi connectivity index (χ1) is 7.50. The van der Waals surface area contributed by atoms with E-state index < -0.39 is 5.97 Å². The molecule has 0 amide bonds. The molecule has 0 aliphatic rings. The number of carboxylic acids is 1. The first kappa shape index (κ1) is 11.8. The van der Waals surface area contributed by atoms with Crippen molar-refractivity contribution in [3.8, 4) is 0 Å². The standard InChI is InChI=1S/C10H5BrCl2O3/c11-5-2-6(12)10-8(9(5)13)4(3-16-10)1-7(14)15/h2-3H,1H2,(H,14,15). The Hall–Kier alpha value is -0.710. The summed E-state index contributed by atoms with van der Waals surface area (Å²) < 4.78 is 5.83. The van der Waals surface area contributed by atoms with E-state index in [1.165, 1.54) is 6.26 Å². The van der Waals surface area contributed by atoms with Gasteiger partial charge in [-0.1, -0.05) is 23.2 Å². The second kappa shape index (κ2) is 4.28. The van der Waals surface area contributed by atoms with Crippen LogP contribution < -0.4 is 0 Å². The third-order valence-electron chi connectivity index (χ3n) is 2.11. The molecule has 0 aliphatic carbocycles. The Labute approximate surface area is 109 Å². The van der Waals surface area contributed by atoms with E-state index in [1.807, 2.05) is 0 Å². The molecule has 3 nitrogen and oxygen atoms in total. The molecule has 1 N–H and O–H groups in total. The number of carboxylic acid groups (broad SMARTS) is 1. The van der Waals surface area contributed by atoms with Gasteiger partial charge < -0.3 is 9.52 Å². The van der Waals surface area contributed by atoms with Gasteiger partial charge in [-0.3, -0.25) is 4.79 Å². The van der Waals surface area contributed by atoms with Gasteiger partial charge >= 0.3 is 5.97 Å². The van der Waals surface area contributed by atoms with Crippen molar-refractivity contribution in [1.82, 2.24) is 0 Å². The van der Waals surface area contributed by atoms with Crippen LogP contribution in [0.15, 0.2) is 21.2 Å². The number of fused-ring (bicyclic) bond motifs is 1. The van der Waals surface area contributed by atoms with Crippen molar-refractivity contribution >= 4 is 56.1 Å². The molecule has 0 radical (unpaired) electrons. The van der Waals surface area contributed by atoms with Gasteiger partial charge in [-0.15, -0.1) is 0 Å². The zero-order valence-corrected chi connectivity index (χ0v) is 10.9. The van der Waals surface area contributed by atoms with Crippen LogP contribution in [0.1, 0.15) is 5.56 Å². The first-order valence-corrected chi connectivity index (χ1v) is 5.81. The molecule has 6 heteroatoms. The molecule has 1 aromatic heterocycles. The molecule has 2 aromatic rings. The maximum Gasteiger partial charge on any atom is 0.307 e. The fourth-order valence-corrected chi connectivity index (χ4v) is 2.53. The third kappa shape index (κ3) is 1.93. The fourth-order valence-electron chi connectivity index (χ4n) is 1.46. The second-order valence-electron chi connectivity index (χ2n) is 3.19. The minimum absolute atomic E-state index is 0.153. The molecule has 0 saturated carbocycles. The highest BCUT2D eigenvalue weighted by atomic mass is 79.9. The average molecular weight is 324 g/mol. The molecular formula is C10H5BrCl2O3. The Morgan fingerprint density at radius 2 is 2.19 bits per heavy atom. The lowest BCUT2D eigenvalue weighted by molar-refractivity contribution is -0.136. The number of furan rings is 1. The molecule has 1 heterocycles. The van der Waals surface area contributed by atoms with Crippen molar-refractivity contribution in [3.63, 3.8) is 0 Å². The van der Waals surface area contributed by atoms with Crippen molar-refractivity contribution in [2.45, 2.75) is 6.42 Å². The van der Waals surface area contributed by atoms with Gasteiger partial charge in [0, 0.05) is 15.4 Å². The average Bonchev–Trinajstić information content (AvgIpc) is 2.58. The highest BCUT2D eigenvalue weighted by Crippen LogP contribution is 2.39. The minimum atomic E-state index is -0.949. The van der Waals surface area contributed by atoms with Crippen molar-refractivity contribution in [1.29, 1.82) is 0 Å². The van der Waals surface area contributed by atoms with Gasteiger partial charge in [0.2, 0.25) is 0 Å². The van der Waals surface area contributed by atoms with Gasteiger partial charge in [0.05, 0.1) is 22.7 Å². The number of halogens is 3. The predicted molar refractivity (Wildman–Crippen MR) is 65.3 cm³/mol. The summed E-state index contributed by atoms with van der Waals surface area (Å²) in [5, 5.41) is 10.1. The van der Waals surface area contributed by atoms with Crippen molar-refractivity contribution in [2.75, 3.05) is 0 Å². The van der Waals surface area contributed by atoms with Gasteiger partial charge in [0.1, 0.15) is 0 Å². The summed E-state index contributed by atoms with van der Waals surface area (Å²) in [6.45, 7) is 0. The quantitative estimate of drug-likeness (QED) is 0.845. The molecular weight excluding hydrogens is 319 g/mol. The number of hydrogen-bond donors (Lipinski definition) is 1. The number of hydrogen-bond acceptors (Lipinski definition) is 2. The SMILES string of the molecule is O=C(O)Cc1coc2c(Cl)cc(Br)c(Cl)c12. The lowest BCUT2D eigenvalue weighted by Crippen LogP contribution is -1.99. The molecule has 0 aliphatic heterocycles. The lowest BCUT2D eigenvalue weighted by atomic mass is 10.1. The van der Waals surface area contributed by atoms with Crippen LogP contribution in [0.2, 0.25) is 10.0 Å². The minimum Gasteiger partial charge on any atom is -0.481 e. The maximum absolute atomic E-state index is 10.7. The molecule has 0 fully saturated rings. The number of rotatable bonds is 2. The molecule has 0 atom stereocenters. The number of carbonyl (C=O) groups is 1. The zero-order valence-electron chi connectivity index (χ0n) is 7.76. The third-order valence-corrected chi connectivity index (χ3v) is 3.64. The topological polar surface area (TPSA) is 50.4 Å². The van der Waals surface area contributed by atoms with Gasteiger partial charge in [-0.25, -0.2) is 0 Å². The molecule has 1 aromatic carbocycles. The monoisotopic (exact) mass is 322 g/mol. The summed E-state index contributed by atoms with van der Waals surface area (Å²) in [6.07, 6.45) is 1.21. The Balaban J connectivity index is 2.74. The van der Waals surface area contributed by atoms with Gasteiger partial charge in [0.25, 0.3) is 0 Å². The number of aliphatic carboxylic acids is 1. The lowest BCUT2D eigenvalue weighted by Gasteiger charge is -2.01. The van der Waals surface area contributed by atoms with E-state index in [4.69, 9.17) is 32.7 Å². The van der Waals surface area contributed by atoms with Crippen molar-refractivity contribution < 1.29 is 14.3 Å². The van der Waals surface area contributed by atoms with E-state index in [1.54, 1.807) is 6.07 Å². The van der Waals surface area contributed by atoms with Crippen LogP contribution in [0, 0.1) is 0 Å². The van der Waals surface area contributed by atoms with Crippen molar-refractivity contribution in [2.24, 2.45) is 0 Å². The summed E-state index contributed by atoms with van der Waals surface area (Å²) in [7, 11) is 0. The fraction of sp³-hybridized carbons (Fsp3) is 0.100. The molecule has 84 valence electrons. The van der Waals surface area contributed by atoms with E-state index in [-0.39, 0.29) is 6.42 Å². The van der Waals surface area contributed by atoms with Crippen LogP contribution in [0.3, 0.4) is 0 Å². The molecule has 0 saturated heterocycles. The molecule has 0 bridgehead atoms. The summed E-state index contributed by atoms with van der Waals surface area (Å²) >= 11 is 15.3. The van der Waals surface area contributed by atoms with Gasteiger partial charge in [0.15, 0.2) is 5.58 Å². The Morgan fingerprint density at radius 1 is 1.50 bits per heavy atom. The van der Waals surface area contributed by atoms with Gasteiger partial charge in [-0.05, 0) is 22.0 Å². The normalized spacial score (nSPS) is 10.9. The van der Waals surface area contributed by atoms with Crippen LogP contribution in [0.5, 0.6) is 0 Å². The van der Waals surface area contributed by atoms with Crippen LogP contribution in [-0.2, 0) is 11.2 Å². The molecule has 2 rings (SSSR count). The van der Waals surface area contributed by atoms with Gasteiger partial charge in [-0.2, -0.15) is 0 Å². The second-order valence-corrected chi connectivity index (χ2v) is 4.83. The molecule has 16 heavy (non-hydrogen) atoms. The zero-order chi connectivity index (χ0) is 11.9. The van der Waals surface area contributed by atoms with E-state index >= 15 is 0 Å². The summed E-state index contributed by atoms with van der Waals surface area (Å²) in [5.41, 5.74) is 0.918. The Bertz CT molecular complexity index is 577. The largest absolute Gasteiger partial charge is 0.481 e. The Morgan fingerprint density at radius 3 is 2.81 bits per heavy atom. The van der Waals surface area contributed by atoms with Crippen LogP contribution in [0.4, 0.5) is 0 Å². The first-order valence-electron chi connectivity index (χ1n) is 4.26. The van der Waals surface area contributed by atoms with Crippen LogP contribution in [-0.4, -0.2) is 11.1 Å². The van der Waals surface area contributed by atoms with E-state index in [0.29, 0.717) is 31.1 Å². The summed E-state index contributed by atoms with van der Waals surface area (Å²) in [6, 6.07) is 1.61. The van der Waals surface area contributed by atoms with E-state index in [2.05, 4.69) is 15.9 Å². The molecule has 0 spiro atoms. The Kier molecular flexibility index (Phi) is 3.15. The molecule has 0 unspecified atom stereocenters. The summed E-state index contributed by atoms with van der Waals surface area (Å²) in [4.78, 5) is 10.7. The van der Waals surface area contributed by atoms with E-state index in [0.717, 1.165) is 0 Å². The summed E-state index contributed by atoms with van der Waals surface area (Å²) in [5.74, 6) is -0.949.